The predicted molar refractivity (Wildman–Crippen MR) is 68.0 cm³/mol. The second kappa shape index (κ2) is 5.46. The fourth-order valence-corrected chi connectivity index (χ4v) is 2.25. The van der Waals surface area contributed by atoms with Crippen LogP contribution in [0.2, 0.25) is 0 Å². The number of aryl methyl sites for hydroxylation is 2. The van der Waals surface area contributed by atoms with Crippen molar-refractivity contribution >= 4 is 0 Å². The molecule has 3 N–H and O–H groups in total. The summed E-state index contributed by atoms with van der Waals surface area (Å²) in [6, 6.07) is 9.11. The summed E-state index contributed by atoms with van der Waals surface area (Å²) >= 11 is 0. The van der Waals surface area contributed by atoms with Gasteiger partial charge in [-0.05, 0) is 43.2 Å². The molecule has 0 amide bonds. The molecule has 16 heavy (non-hydrogen) atoms. The van der Waals surface area contributed by atoms with Crippen molar-refractivity contribution in [1.82, 2.24) is 5.43 Å². The highest BCUT2D eigenvalue weighted by atomic mass is 15.2. The second-order valence-electron chi connectivity index (χ2n) is 5.01. The monoisotopic (exact) mass is 218 g/mol. The van der Waals surface area contributed by atoms with E-state index in [9.17, 15) is 0 Å². The van der Waals surface area contributed by atoms with Crippen LogP contribution in [0.25, 0.3) is 0 Å². The molecular formula is C14H22N2. The van der Waals surface area contributed by atoms with Gasteiger partial charge in [0.05, 0.1) is 0 Å². The maximum absolute atomic E-state index is 5.60. The number of hydrogen-bond acceptors (Lipinski definition) is 2. The zero-order chi connectivity index (χ0) is 11.4. The van der Waals surface area contributed by atoms with E-state index in [0.29, 0.717) is 6.04 Å². The number of nitrogens with one attached hydrogen (secondary N) is 1. The molecule has 0 saturated heterocycles. The Labute approximate surface area is 98.2 Å². The third kappa shape index (κ3) is 3.32. The first-order valence-electron chi connectivity index (χ1n) is 6.30. The van der Waals surface area contributed by atoms with Crippen molar-refractivity contribution in [2.45, 2.75) is 45.1 Å². The van der Waals surface area contributed by atoms with Gasteiger partial charge in [-0.25, -0.2) is 0 Å². The Hall–Kier alpha value is -0.860. The molecule has 0 bridgehead atoms. The Balaban J connectivity index is 1.82. The first kappa shape index (κ1) is 11.6. The van der Waals surface area contributed by atoms with Gasteiger partial charge in [0.2, 0.25) is 0 Å². The average Bonchev–Trinajstić information content (AvgIpc) is 3.10. The molecule has 1 aromatic carbocycles. The lowest BCUT2D eigenvalue weighted by atomic mass is 9.99. The Kier molecular flexibility index (Phi) is 3.97. The molecule has 1 aliphatic rings. The normalized spacial score (nSPS) is 17.4. The summed E-state index contributed by atoms with van der Waals surface area (Å²) in [5.74, 6) is 6.54. The lowest BCUT2D eigenvalue weighted by Gasteiger charge is -2.15. The second-order valence-corrected chi connectivity index (χ2v) is 5.01. The summed E-state index contributed by atoms with van der Waals surface area (Å²) in [4.78, 5) is 0. The lowest BCUT2D eigenvalue weighted by Crippen LogP contribution is -2.35. The van der Waals surface area contributed by atoms with E-state index >= 15 is 0 Å². The summed E-state index contributed by atoms with van der Waals surface area (Å²) < 4.78 is 0. The van der Waals surface area contributed by atoms with Crippen molar-refractivity contribution in [2.24, 2.45) is 11.8 Å². The highest BCUT2D eigenvalue weighted by molar-refractivity contribution is 5.25. The topological polar surface area (TPSA) is 38.0 Å². The summed E-state index contributed by atoms with van der Waals surface area (Å²) in [6.07, 6.45) is 6.35. The van der Waals surface area contributed by atoms with Crippen molar-refractivity contribution < 1.29 is 0 Å². The van der Waals surface area contributed by atoms with Crippen molar-refractivity contribution in [1.29, 1.82) is 0 Å². The fourth-order valence-electron chi connectivity index (χ4n) is 2.25. The largest absolute Gasteiger partial charge is 0.271 e. The van der Waals surface area contributed by atoms with Crippen molar-refractivity contribution in [3.05, 3.63) is 35.4 Å². The molecule has 1 unspecified atom stereocenters. The Bertz CT molecular complexity index is 331. The summed E-state index contributed by atoms with van der Waals surface area (Å²) in [7, 11) is 0. The molecule has 0 aromatic heterocycles. The Morgan fingerprint density at radius 3 is 2.75 bits per heavy atom. The summed E-state index contributed by atoms with van der Waals surface area (Å²) in [5, 5.41) is 0. The Morgan fingerprint density at radius 1 is 1.38 bits per heavy atom. The van der Waals surface area contributed by atoms with E-state index in [0.717, 1.165) is 18.8 Å². The van der Waals surface area contributed by atoms with Crippen molar-refractivity contribution in [2.75, 3.05) is 0 Å². The van der Waals surface area contributed by atoms with Crippen LogP contribution >= 0.6 is 0 Å². The summed E-state index contributed by atoms with van der Waals surface area (Å²) in [6.45, 7) is 2.18. The van der Waals surface area contributed by atoms with E-state index in [1.165, 1.54) is 30.4 Å². The fraction of sp³-hybridized carbons (Fsp3) is 0.571. The van der Waals surface area contributed by atoms with Crippen LogP contribution in [0.3, 0.4) is 0 Å². The third-order valence-electron chi connectivity index (χ3n) is 3.57. The van der Waals surface area contributed by atoms with E-state index < -0.39 is 0 Å². The maximum Gasteiger partial charge on any atom is 0.0216 e. The smallest absolute Gasteiger partial charge is 0.0216 e. The zero-order valence-corrected chi connectivity index (χ0v) is 10.1. The molecule has 0 aliphatic heterocycles. The molecule has 2 nitrogen and oxygen atoms in total. The minimum atomic E-state index is 0.493. The molecular weight excluding hydrogens is 196 g/mol. The first-order chi connectivity index (χ1) is 7.79. The van der Waals surface area contributed by atoms with Gasteiger partial charge in [-0.3, -0.25) is 11.3 Å². The van der Waals surface area contributed by atoms with Gasteiger partial charge in [-0.15, -0.1) is 0 Å². The van der Waals surface area contributed by atoms with Crippen LogP contribution in [0, 0.1) is 12.8 Å². The molecule has 2 rings (SSSR count). The van der Waals surface area contributed by atoms with Gasteiger partial charge < -0.3 is 0 Å². The van der Waals surface area contributed by atoms with Gasteiger partial charge in [-0.1, -0.05) is 37.1 Å². The standard InChI is InChI=1S/C14H22N2/c1-11-4-2-3-5-13(11)8-9-14(16-15)10-12-6-7-12/h2-5,12,14,16H,6-10,15H2,1H3. The number of hydrogen-bond donors (Lipinski definition) is 2. The van der Waals surface area contributed by atoms with Gasteiger partial charge >= 0.3 is 0 Å². The van der Waals surface area contributed by atoms with Gasteiger partial charge in [0.15, 0.2) is 0 Å². The van der Waals surface area contributed by atoms with Crippen LogP contribution in [0.15, 0.2) is 24.3 Å². The van der Waals surface area contributed by atoms with Crippen molar-refractivity contribution in [3.8, 4) is 0 Å². The van der Waals surface area contributed by atoms with Crippen LogP contribution in [0.1, 0.15) is 36.8 Å². The molecule has 0 radical (unpaired) electrons. The van der Waals surface area contributed by atoms with Gasteiger partial charge in [0, 0.05) is 6.04 Å². The number of benzene rings is 1. The van der Waals surface area contributed by atoms with Crippen LogP contribution in [-0.4, -0.2) is 6.04 Å². The van der Waals surface area contributed by atoms with Gasteiger partial charge in [0.1, 0.15) is 0 Å². The maximum atomic E-state index is 5.60. The lowest BCUT2D eigenvalue weighted by molar-refractivity contribution is 0.441. The number of nitrogens with two attached hydrogens (primary N) is 1. The van der Waals surface area contributed by atoms with Gasteiger partial charge in [-0.2, -0.15) is 0 Å². The van der Waals surface area contributed by atoms with Crippen LogP contribution < -0.4 is 11.3 Å². The van der Waals surface area contributed by atoms with E-state index in [1.807, 2.05) is 0 Å². The van der Waals surface area contributed by atoms with E-state index in [-0.39, 0.29) is 0 Å². The third-order valence-corrected chi connectivity index (χ3v) is 3.57. The molecule has 1 aromatic rings. The van der Waals surface area contributed by atoms with Crippen LogP contribution in [0.4, 0.5) is 0 Å². The highest BCUT2D eigenvalue weighted by Crippen LogP contribution is 2.34. The molecule has 1 saturated carbocycles. The molecule has 1 aliphatic carbocycles. The quantitative estimate of drug-likeness (QED) is 0.569. The van der Waals surface area contributed by atoms with Crippen LogP contribution in [0.5, 0.6) is 0 Å². The minimum absolute atomic E-state index is 0.493. The van der Waals surface area contributed by atoms with E-state index in [4.69, 9.17) is 5.84 Å². The highest BCUT2D eigenvalue weighted by Gasteiger charge is 2.24. The first-order valence-corrected chi connectivity index (χ1v) is 6.30. The molecule has 0 heterocycles. The Morgan fingerprint density at radius 2 is 2.12 bits per heavy atom. The number of rotatable bonds is 6. The molecule has 2 heteroatoms. The number of hydrazine groups is 1. The van der Waals surface area contributed by atoms with Gasteiger partial charge in [0.25, 0.3) is 0 Å². The zero-order valence-electron chi connectivity index (χ0n) is 10.1. The molecule has 1 atom stereocenters. The molecule has 0 spiro atoms. The summed E-state index contributed by atoms with van der Waals surface area (Å²) in [5.41, 5.74) is 5.81. The predicted octanol–water partition coefficient (Wildman–Crippen LogP) is 2.56. The SMILES string of the molecule is Cc1ccccc1CCC(CC1CC1)NN. The average molecular weight is 218 g/mol. The van der Waals surface area contributed by atoms with Crippen molar-refractivity contribution in [3.63, 3.8) is 0 Å². The molecule has 88 valence electrons. The molecule has 1 fully saturated rings. The van der Waals surface area contributed by atoms with E-state index in [1.54, 1.807) is 0 Å². The van der Waals surface area contributed by atoms with E-state index in [2.05, 4.69) is 36.6 Å². The van der Waals surface area contributed by atoms with Crippen LogP contribution in [-0.2, 0) is 6.42 Å². The minimum Gasteiger partial charge on any atom is -0.271 e.